The molecule has 1 fully saturated rings. The van der Waals surface area contributed by atoms with Gasteiger partial charge in [0.2, 0.25) is 5.91 Å². The molecule has 2 aliphatic rings. The van der Waals surface area contributed by atoms with Crippen LogP contribution in [0.1, 0.15) is 40.0 Å². The first-order chi connectivity index (χ1) is 17.1. The number of hydrogen-bond acceptors (Lipinski definition) is 8. The highest BCUT2D eigenvalue weighted by atomic mass is 16.5. The Labute approximate surface area is 212 Å². The monoisotopic (exact) mass is 502 g/mol. The average molecular weight is 503 g/mol. The molecular weight excluding hydrogens is 464 g/mol. The van der Waals surface area contributed by atoms with Gasteiger partial charge >= 0.3 is 12.1 Å². The molecule has 1 unspecified atom stereocenters. The van der Waals surface area contributed by atoms with E-state index in [4.69, 9.17) is 4.74 Å². The summed E-state index contributed by atoms with van der Waals surface area (Å²) in [5, 5.41) is 21.0. The Balaban J connectivity index is 1.45. The number of nitrogens with one attached hydrogen (secondary N) is 4. The van der Waals surface area contributed by atoms with Gasteiger partial charge in [0, 0.05) is 50.0 Å². The number of rotatable bonds is 8. The van der Waals surface area contributed by atoms with E-state index >= 15 is 0 Å². The summed E-state index contributed by atoms with van der Waals surface area (Å²) in [6, 6.07) is 6.84. The summed E-state index contributed by atoms with van der Waals surface area (Å²) in [6.07, 6.45) is 1.51. The molecule has 0 saturated carbocycles. The number of aliphatic imine (C=N–C) groups is 1. The smallest absolute Gasteiger partial charge is 0.407 e. The SMILES string of the molecule is CC(C)(C)COC(=O)NC(CNC(=O)C1CCN(c2cccc(NC3=NCCCN3)c2)CC1)C(=O)O. The van der Waals surface area contributed by atoms with Gasteiger partial charge in [-0.1, -0.05) is 26.8 Å². The van der Waals surface area contributed by atoms with E-state index in [1.54, 1.807) is 0 Å². The van der Waals surface area contributed by atoms with Gasteiger partial charge in [-0.2, -0.15) is 0 Å². The molecule has 11 heteroatoms. The third kappa shape index (κ3) is 8.62. The zero-order chi connectivity index (χ0) is 26.1. The largest absolute Gasteiger partial charge is 0.480 e. The third-order valence-electron chi connectivity index (χ3n) is 5.94. The van der Waals surface area contributed by atoms with Gasteiger partial charge in [-0.25, -0.2) is 9.59 Å². The summed E-state index contributed by atoms with van der Waals surface area (Å²) in [5.74, 6) is -0.876. The number of carbonyl (C=O) groups is 3. The first kappa shape index (κ1) is 27.1. The fraction of sp³-hybridized carbons (Fsp3) is 0.600. The van der Waals surface area contributed by atoms with Crippen LogP contribution in [-0.2, 0) is 14.3 Å². The van der Waals surface area contributed by atoms with Gasteiger partial charge < -0.3 is 36.0 Å². The number of guanidine groups is 1. The van der Waals surface area contributed by atoms with Crippen LogP contribution >= 0.6 is 0 Å². The minimum absolute atomic E-state index is 0.153. The lowest BCUT2D eigenvalue weighted by molar-refractivity contribution is -0.139. The van der Waals surface area contributed by atoms with Crippen molar-refractivity contribution in [1.29, 1.82) is 0 Å². The number of piperidine rings is 1. The number of amides is 2. The molecule has 11 nitrogen and oxygen atoms in total. The molecule has 1 aromatic carbocycles. The van der Waals surface area contributed by atoms with Gasteiger partial charge in [0.15, 0.2) is 5.96 Å². The number of nitrogens with zero attached hydrogens (tertiary/aromatic N) is 2. The van der Waals surface area contributed by atoms with E-state index in [2.05, 4.69) is 37.2 Å². The Bertz CT molecular complexity index is 953. The van der Waals surface area contributed by atoms with Gasteiger partial charge in [0.05, 0.1) is 6.61 Å². The average Bonchev–Trinajstić information content (AvgIpc) is 2.85. The number of carboxylic acids is 1. The van der Waals surface area contributed by atoms with E-state index < -0.39 is 18.1 Å². The first-order valence-electron chi connectivity index (χ1n) is 12.4. The lowest BCUT2D eigenvalue weighted by Crippen LogP contribution is -2.50. The summed E-state index contributed by atoms with van der Waals surface area (Å²) in [5.41, 5.74) is 1.78. The van der Waals surface area contributed by atoms with Crippen molar-refractivity contribution < 1.29 is 24.2 Å². The van der Waals surface area contributed by atoms with E-state index in [0.717, 1.165) is 36.8 Å². The van der Waals surface area contributed by atoms with E-state index in [1.165, 1.54) is 0 Å². The molecule has 198 valence electrons. The van der Waals surface area contributed by atoms with Crippen LogP contribution in [0.15, 0.2) is 29.3 Å². The van der Waals surface area contributed by atoms with Crippen molar-refractivity contribution in [3.05, 3.63) is 24.3 Å². The molecule has 36 heavy (non-hydrogen) atoms. The van der Waals surface area contributed by atoms with Crippen molar-refractivity contribution >= 4 is 35.3 Å². The molecule has 0 aromatic heterocycles. The van der Waals surface area contributed by atoms with Crippen molar-refractivity contribution in [2.24, 2.45) is 16.3 Å². The lowest BCUT2D eigenvalue weighted by Gasteiger charge is -2.33. The Morgan fingerprint density at radius 2 is 2.00 bits per heavy atom. The molecule has 5 N–H and O–H groups in total. The standard InChI is InChI=1S/C25H38N6O5/c1-25(2,3)16-36-24(35)30-20(22(33)34)15-28-21(32)17-8-12-31(13-9-17)19-7-4-6-18(14-19)29-23-26-10-5-11-27-23/h4,6-7,14,17,20H,5,8-13,15-16H2,1-3H3,(H,28,32)(H,30,35)(H,33,34)(H2,26,27,29). The molecule has 0 spiro atoms. The fourth-order valence-corrected chi connectivity index (χ4v) is 3.95. The maximum absolute atomic E-state index is 12.7. The molecule has 1 saturated heterocycles. The van der Waals surface area contributed by atoms with Crippen molar-refractivity contribution in [2.75, 3.05) is 49.5 Å². The summed E-state index contributed by atoms with van der Waals surface area (Å²) < 4.78 is 5.07. The molecule has 1 aromatic rings. The number of anilines is 2. The van der Waals surface area contributed by atoms with Gasteiger partial charge in [0.1, 0.15) is 6.04 Å². The number of hydrogen-bond donors (Lipinski definition) is 5. The van der Waals surface area contributed by atoms with Gasteiger partial charge in [-0.05, 0) is 42.9 Å². The zero-order valence-electron chi connectivity index (χ0n) is 21.3. The summed E-state index contributed by atoms with van der Waals surface area (Å²) in [7, 11) is 0. The van der Waals surface area contributed by atoms with E-state index in [1.807, 2.05) is 39.0 Å². The number of aliphatic carboxylic acids is 1. The van der Waals surface area contributed by atoms with Crippen molar-refractivity contribution in [2.45, 2.75) is 46.1 Å². The highest BCUT2D eigenvalue weighted by Crippen LogP contribution is 2.25. The highest BCUT2D eigenvalue weighted by Gasteiger charge is 2.28. The number of alkyl carbamates (subject to hydrolysis) is 1. The molecule has 0 aliphatic carbocycles. The van der Waals surface area contributed by atoms with Crippen molar-refractivity contribution in [3.63, 3.8) is 0 Å². The zero-order valence-corrected chi connectivity index (χ0v) is 21.3. The van der Waals surface area contributed by atoms with Crippen LogP contribution in [0.2, 0.25) is 0 Å². The van der Waals surface area contributed by atoms with Crippen LogP contribution < -0.4 is 26.2 Å². The summed E-state index contributed by atoms with van der Waals surface area (Å²) >= 11 is 0. The minimum Gasteiger partial charge on any atom is -0.480 e. The van der Waals surface area contributed by atoms with Crippen LogP contribution in [0.25, 0.3) is 0 Å². The molecule has 0 bridgehead atoms. The van der Waals surface area contributed by atoms with E-state index in [-0.39, 0.29) is 30.4 Å². The van der Waals surface area contributed by atoms with Gasteiger partial charge in [-0.3, -0.25) is 9.79 Å². The second-order valence-corrected chi connectivity index (χ2v) is 10.4. The first-order valence-corrected chi connectivity index (χ1v) is 12.4. The minimum atomic E-state index is -1.26. The van der Waals surface area contributed by atoms with Gasteiger partial charge in [0.25, 0.3) is 0 Å². The van der Waals surface area contributed by atoms with E-state index in [0.29, 0.717) is 25.9 Å². The van der Waals surface area contributed by atoms with Gasteiger partial charge in [-0.15, -0.1) is 0 Å². The van der Waals surface area contributed by atoms with Crippen molar-refractivity contribution in [3.8, 4) is 0 Å². The number of benzene rings is 1. The lowest BCUT2D eigenvalue weighted by atomic mass is 9.95. The normalized spacial score (nSPS) is 17.3. The quantitative estimate of drug-likeness (QED) is 0.363. The molecule has 1 atom stereocenters. The Kier molecular flexibility index (Phi) is 9.38. The molecular formula is C25H38N6O5. The van der Waals surface area contributed by atoms with Crippen LogP contribution in [0.5, 0.6) is 0 Å². The number of carbonyl (C=O) groups excluding carboxylic acids is 2. The van der Waals surface area contributed by atoms with Crippen molar-refractivity contribution in [1.82, 2.24) is 16.0 Å². The van der Waals surface area contributed by atoms with Crippen LogP contribution in [0.4, 0.5) is 16.2 Å². The Morgan fingerprint density at radius 1 is 1.25 bits per heavy atom. The number of ether oxygens (including phenoxy) is 1. The maximum atomic E-state index is 12.7. The topological polar surface area (TPSA) is 144 Å². The third-order valence-corrected chi connectivity index (χ3v) is 5.94. The second kappa shape index (κ2) is 12.5. The molecule has 2 heterocycles. The Morgan fingerprint density at radius 3 is 2.64 bits per heavy atom. The predicted molar refractivity (Wildman–Crippen MR) is 138 cm³/mol. The van der Waals surface area contributed by atoms with Crippen LogP contribution in [0.3, 0.4) is 0 Å². The summed E-state index contributed by atoms with van der Waals surface area (Å²) in [6.45, 7) is 8.79. The Hall–Kier alpha value is -3.50. The maximum Gasteiger partial charge on any atom is 0.407 e. The molecule has 2 amide bonds. The fourth-order valence-electron chi connectivity index (χ4n) is 3.95. The van der Waals surface area contributed by atoms with Crippen LogP contribution in [0, 0.1) is 11.3 Å². The summed E-state index contributed by atoms with van der Waals surface area (Å²) in [4.78, 5) is 42.8. The number of carboxylic acid groups (broad SMARTS) is 1. The highest BCUT2D eigenvalue weighted by molar-refractivity contribution is 5.94. The molecule has 2 aliphatic heterocycles. The predicted octanol–water partition coefficient (Wildman–Crippen LogP) is 2.01. The molecule has 0 radical (unpaired) electrons. The second-order valence-electron chi connectivity index (χ2n) is 10.4. The van der Waals surface area contributed by atoms with E-state index in [9.17, 15) is 19.5 Å². The van der Waals surface area contributed by atoms with Crippen LogP contribution in [-0.4, -0.2) is 74.4 Å². The molecule has 3 rings (SSSR count).